The molecule has 1 saturated heterocycles. The van der Waals surface area contributed by atoms with Crippen molar-refractivity contribution in [2.24, 2.45) is 0 Å². The standard InChI is InChI=1S/C22H24N2O3S/c1-15(24-14-4-6-19(24)21(25)26)8-9-16-10-12-17(13-11-16)27-22-23-18-5-2-3-7-20(18)28-22/h2-3,5,7,10-13,15,19H,4,6,8-9,14H2,1H3,(H,25,26). The zero-order valence-electron chi connectivity index (χ0n) is 15.9. The number of ether oxygens (including phenoxy) is 1. The average Bonchev–Trinajstić information content (AvgIpc) is 3.34. The number of benzene rings is 2. The summed E-state index contributed by atoms with van der Waals surface area (Å²) in [7, 11) is 0. The number of aromatic nitrogens is 1. The van der Waals surface area contributed by atoms with Gasteiger partial charge in [-0.15, -0.1) is 0 Å². The SMILES string of the molecule is CC(CCc1ccc(Oc2nc3ccccc3s2)cc1)N1CCCC1C(=O)O. The van der Waals surface area contributed by atoms with E-state index in [0.29, 0.717) is 5.19 Å². The number of rotatable bonds is 7. The van der Waals surface area contributed by atoms with Crippen LogP contribution in [0.15, 0.2) is 48.5 Å². The Kier molecular flexibility index (Phi) is 5.59. The fourth-order valence-corrected chi connectivity index (χ4v) is 4.68. The topological polar surface area (TPSA) is 62.7 Å². The van der Waals surface area contributed by atoms with Crippen LogP contribution in [0.25, 0.3) is 10.2 Å². The molecule has 0 radical (unpaired) electrons. The Balaban J connectivity index is 1.33. The molecule has 6 heteroatoms. The van der Waals surface area contributed by atoms with Crippen LogP contribution in [0.1, 0.15) is 31.7 Å². The second-order valence-corrected chi connectivity index (χ2v) is 8.31. The number of hydrogen-bond donors (Lipinski definition) is 1. The molecule has 1 aliphatic rings. The van der Waals surface area contributed by atoms with Crippen LogP contribution in [0.5, 0.6) is 10.9 Å². The van der Waals surface area contributed by atoms with Crippen molar-refractivity contribution >= 4 is 27.5 Å². The molecule has 1 aliphatic heterocycles. The lowest BCUT2D eigenvalue weighted by Crippen LogP contribution is -2.42. The molecule has 0 bridgehead atoms. The molecule has 2 atom stereocenters. The average molecular weight is 397 g/mol. The van der Waals surface area contributed by atoms with E-state index in [1.165, 1.54) is 5.56 Å². The van der Waals surface area contributed by atoms with E-state index < -0.39 is 5.97 Å². The van der Waals surface area contributed by atoms with Crippen LogP contribution in [0.3, 0.4) is 0 Å². The molecule has 4 rings (SSSR count). The summed E-state index contributed by atoms with van der Waals surface area (Å²) >= 11 is 1.54. The molecule has 2 aromatic carbocycles. The minimum Gasteiger partial charge on any atom is -0.480 e. The number of aryl methyl sites for hydroxylation is 1. The van der Waals surface area contributed by atoms with Gasteiger partial charge >= 0.3 is 5.97 Å². The minimum absolute atomic E-state index is 0.266. The van der Waals surface area contributed by atoms with Crippen molar-refractivity contribution in [1.82, 2.24) is 9.88 Å². The third-order valence-electron chi connectivity index (χ3n) is 5.40. The van der Waals surface area contributed by atoms with Crippen molar-refractivity contribution in [2.45, 2.75) is 44.7 Å². The van der Waals surface area contributed by atoms with Gasteiger partial charge in [0.2, 0.25) is 0 Å². The van der Waals surface area contributed by atoms with Crippen molar-refractivity contribution in [1.29, 1.82) is 0 Å². The van der Waals surface area contributed by atoms with Gasteiger partial charge in [0.15, 0.2) is 0 Å². The maximum absolute atomic E-state index is 11.4. The van der Waals surface area contributed by atoms with Crippen molar-refractivity contribution in [2.75, 3.05) is 6.54 Å². The predicted octanol–water partition coefficient (Wildman–Crippen LogP) is 4.96. The number of carboxylic acid groups (broad SMARTS) is 1. The van der Waals surface area contributed by atoms with E-state index in [1.54, 1.807) is 11.3 Å². The third-order valence-corrected chi connectivity index (χ3v) is 6.31. The summed E-state index contributed by atoms with van der Waals surface area (Å²) in [5.41, 5.74) is 2.18. The summed E-state index contributed by atoms with van der Waals surface area (Å²) in [4.78, 5) is 18.0. The molecule has 0 spiro atoms. The molecule has 0 saturated carbocycles. The van der Waals surface area contributed by atoms with Crippen molar-refractivity contribution in [3.8, 4) is 10.9 Å². The Hall–Kier alpha value is -2.44. The van der Waals surface area contributed by atoms with Crippen LogP contribution >= 0.6 is 11.3 Å². The zero-order chi connectivity index (χ0) is 19.5. The number of carbonyl (C=O) groups is 1. The number of thiazole rings is 1. The highest BCUT2D eigenvalue weighted by Crippen LogP contribution is 2.31. The fraction of sp³-hybridized carbons (Fsp3) is 0.364. The summed E-state index contributed by atoms with van der Waals surface area (Å²) in [6.07, 6.45) is 3.60. The summed E-state index contributed by atoms with van der Waals surface area (Å²) in [5.74, 6) is 0.0852. The van der Waals surface area contributed by atoms with Crippen molar-refractivity contribution in [3.63, 3.8) is 0 Å². The predicted molar refractivity (Wildman–Crippen MR) is 111 cm³/mol. The molecule has 146 valence electrons. The van der Waals surface area contributed by atoms with Crippen LogP contribution < -0.4 is 4.74 Å². The first-order valence-corrected chi connectivity index (χ1v) is 10.5. The molecule has 3 aromatic rings. The Bertz CT molecular complexity index is 921. The fourth-order valence-electron chi connectivity index (χ4n) is 3.84. The Morgan fingerprint density at radius 3 is 2.82 bits per heavy atom. The highest BCUT2D eigenvalue weighted by atomic mass is 32.1. The van der Waals surface area contributed by atoms with E-state index in [4.69, 9.17) is 4.74 Å². The van der Waals surface area contributed by atoms with Crippen LogP contribution in [0.4, 0.5) is 0 Å². The maximum Gasteiger partial charge on any atom is 0.320 e. The second kappa shape index (κ2) is 8.29. The molecule has 1 fully saturated rings. The van der Waals surface area contributed by atoms with Gasteiger partial charge in [-0.25, -0.2) is 4.98 Å². The van der Waals surface area contributed by atoms with Gasteiger partial charge in [-0.1, -0.05) is 35.6 Å². The number of para-hydroxylation sites is 1. The lowest BCUT2D eigenvalue weighted by molar-refractivity contribution is -0.142. The van der Waals surface area contributed by atoms with E-state index in [9.17, 15) is 9.90 Å². The highest BCUT2D eigenvalue weighted by molar-refractivity contribution is 7.20. The number of aliphatic carboxylic acids is 1. The highest BCUT2D eigenvalue weighted by Gasteiger charge is 2.33. The lowest BCUT2D eigenvalue weighted by Gasteiger charge is -2.28. The number of likely N-dealkylation sites (tertiary alicyclic amines) is 1. The second-order valence-electron chi connectivity index (χ2n) is 7.32. The van der Waals surface area contributed by atoms with E-state index >= 15 is 0 Å². The number of carboxylic acids is 1. The molecular formula is C22H24N2O3S. The minimum atomic E-state index is -0.694. The van der Waals surface area contributed by atoms with Gasteiger partial charge in [0.05, 0.1) is 10.2 Å². The van der Waals surface area contributed by atoms with E-state index in [2.05, 4.69) is 28.9 Å². The number of hydrogen-bond acceptors (Lipinski definition) is 5. The molecule has 1 N–H and O–H groups in total. The van der Waals surface area contributed by atoms with E-state index in [1.807, 2.05) is 36.4 Å². The first-order valence-electron chi connectivity index (χ1n) is 9.71. The molecule has 5 nitrogen and oxygen atoms in total. The molecule has 0 amide bonds. The Morgan fingerprint density at radius 1 is 1.29 bits per heavy atom. The normalized spacial score (nSPS) is 18.4. The van der Waals surface area contributed by atoms with Gasteiger partial charge in [-0.05, 0) is 69.0 Å². The molecule has 1 aromatic heterocycles. The van der Waals surface area contributed by atoms with Gasteiger partial charge < -0.3 is 9.84 Å². The largest absolute Gasteiger partial charge is 0.480 e. The molecule has 2 unspecified atom stereocenters. The summed E-state index contributed by atoms with van der Waals surface area (Å²) in [5, 5.41) is 10.0. The number of fused-ring (bicyclic) bond motifs is 1. The van der Waals surface area contributed by atoms with Crippen molar-refractivity contribution < 1.29 is 14.6 Å². The third kappa shape index (κ3) is 4.18. The van der Waals surface area contributed by atoms with Gasteiger partial charge in [0.25, 0.3) is 5.19 Å². The van der Waals surface area contributed by atoms with Gasteiger partial charge in [0, 0.05) is 6.04 Å². The summed E-state index contributed by atoms with van der Waals surface area (Å²) < 4.78 is 7.01. The lowest BCUT2D eigenvalue weighted by atomic mass is 10.0. The Morgan fingerprint density at radius 2 is 2.07 bits per heavy atom. The van der Waals surface area contributed by atoms with Gasteiger partial charge in [-0.2, -0.15) is 0 Å². The van der Waals surface area contributed by atoms with Gasteiger partial charge in [0.1, 0.15) is 11.8 Å². The van der Waals surface area contributed by atoms with E-state index in [0.717, 1.165) is 48.2 Å². The summed E-state index contributed by atoms with van der Waals surface area (Å²) in [6.45, 7) is 3.01. The van der Waals surface area contributed by atoms with Crippen molar-refractivity contribution in [3.05, 3.63) is 54.1 Å². The molecular weight excluding hydrogens is 372 g/mol. The smallest absolute Gasteiger partial charge is 0.320 e. The maximum atomic E-state index is 11.4. The van der Waals surface area contributed by atoms with Crippen LogP contribution in [0, 0.1) is 0 Å². The molecule has 28 heavy (non-hydrogen) atoms. The van der Waals surface area contributed by atoms with Gasteiger partial charge in [-0.3, -0.25) is 9.69 Å². The zero-order valence-corrected chi connectivity index (χ0v) is 16.7. The van der Waals surface area contributed by atoms with Crippen LogP contribution in [0.2, 0.25) is 0 Å². The first-order chi connectivity index (χ1) is 13.6. The quantitative estimate of drug-likeness (QED) is 0.612. The van der Waals surface area contributed by atoms with E-state index in [-0.39, 0.29) is 12.1 Å². The first kappa shape index (κ1) is 18.9. The summed E-state index contributed by atoms with van der Waals surface area (Å²) in [6, 6.07) is 16.1. The molecule has 2 heterocycles. The Labute approximate surface area is 168 Å². The molecule has 0 aliphatic carbocycles. The van der Waals surface area contributed by atoms with Crippen LogP contribution in [-0.4, -0.2) is 39.6 Å². The monoisotopic (exact) mass is 396 g/mol. The van der Waals surface area contributed by atoms with Crippen LogP contribution in [-0.2, 0) is 11.2 Å². The number of nitrogens with zero attached hydrogens (tertiary/aromatic N) is 2.